The highest BCUT2D eigenvalue weighted by Crippen LogP contribution is 2.64. The second kappa shape index (κ2) is 15.1. The molecular formula is C59H39N3S. The average Bonchev–Trinajstić information content (AvgIpc) is 3.65. The van der Waals surface area contributed by atoms with Crippen LogP contribution in [0, 0.1) is 6.92 Å². The van der Waals surface area contributed by atoms with Gasteiger partial charge in [0.25, 0.3) is 0 Å². The van der Waals surface area contributed by atoms with Crippen molar-refractivity contribution < 1.29 is 0 Å². The third-order valence-electron chi connectivity index (χ3n) is 12.7. The minimum atomic E-state index is -0.577. The van der Waals surface area contributed by atoms with Crippen molar-refractivity contribution in [1.29, 1.82) is 0 Å². The Kier molecular flexibility index (Phi) is 8.87. The van der Waals surface area contributed by atoms with E-state index in [-0.39, 0.29) is 0 Å². The van der Waals surface area contributed by atoms with Crippen LogP contribution in [-0.2, 0) is 5.41 Å². The largest absolute Gasteiger partial charge is 0.208 e. The first-order chi connectivity index (χ1) is 31.2. The smallest absolute Gasteiger partial charge is 0.165 e. The molecule has 9 aromatic carbocycles. The molecule has 12 rings (SSSR count). The van der Waals surface area contributed by atoms with E-state index < -0.39 is 5.41 Å². The zero-order valence-corrected chi connectivity index (χ0v) is 35.4. The Morgan fingerprint density at radius 1 is 0.302 bits per heavy atom. The molecule has 2 aliphatic rings. The first kappa shape index (κ1) is 37.1. The fourth-order valence-electron chi connectivity index (χ4n) is 9.97. The van der Waals surface area contributed by atoms with Crippen molar-refractivity contribution in [3.8, 4) is 78.7 Å². The molecule has 1 aliphatic carbocycles. The number of nitrogens with zero attached hydrogens (tertiary/aromatic N) is 3. The molecule has 2 heterocycles. The molecular weight excluding hydrogens is 783 g/mol. The van der Waals surface area contributed by atoms with E-state index in [4.69, 9.17) is 15.0 Å². The summed E-state index contributed by atoms with van der Waals surface area (Å²) in [5.41, 5.74) is 17.6. The van der Waals surface area contributed by atoms with Crippen LogP contribution in [0.4, 0.5) is 0 Å². The van der Waals surface area contributed by atoms with Crippen LogP contribution in [-0.4, -0.2) is 15.0 Å². The lowest BCUT2D eigenvalue weighted by Crippen LogP contribution is -2.31. The highest BCUT2D eigenvalue weighted by molar-refractivity contribution is 7.99. The molecule has 0 amide bonds. The number of aromatic nitrogens is 3. The van der Waals surface area contributed by atoms with E-state index in [1.165, 1.54) is 43.2 Å². The molecule has 0 atom stereocenters. The maximum atomic E-state index is 5.63. The van der Waals surface area contributed by atoms with Crippen molar-refractivity contribution in [2.24, 2.45) is 0 Å². The molecule has 3 nitrogen and oxygen atoms in total. The number of hydrogen-bond acceptors (Lipinski definition) is 4. The van der Waals surface area contributed by atoms with Gasteiger partial charge in [0.05, 0.1) is 5.41 Å². The zero-order chi connectivity index (χ0) is 41.9. The second-order valence-corrected chi connectivity index (χ2v) is 17.4. The zero-order valence-electron chi connectivity index (χ0n) is 34.5. The Morgan fingerprint density at radius 3 is 1.44 bits per heavy atom. The van der Waals surface area contributed by atoms with Crippen LogP contribution in [0.25, 0.3) is 78.7 Å². The summed E-state index contributed by atoms with van der Waals surface area (Å²) in [6, 6.07) is 78.6. The normalized spacial score (nSPS) is 12.9. The predicted octanol–water partition coefficient (Wildman–Crippen LogP) is 15.0. The standard InChI is InChI=1S/C59H39N3S/c1-38-32-34-40(35-33-38)42-22-8-10-24-44(42)45-36-37-51-54(47-26-12-13-27-48(47)59(51)49-28-14-16-30-52(49)63-53-31-17-15-29-50(53)59)55(45)58-61-56(41-20-6-3-7-21-41)60-57(62-58)46-25-11-9-23-43(46)39-18-4-2-5-19-39/h2-37H,1H3. The summed E-state index contributed by atoms with van der Waals surface area (Å²) >= 11 is 1.86. The summed E-state index contributed by atoms with van der Waals surface area (Å²) in [5, 5.41) is 0. The topological polar surface area (TPSA) is 38.7 Å². The van der Waals surface area contributed by atoms with Crippen LogP contribution in [0.15, 0.2) is 228 Å². The molecule has 0 saturated heterocycles. The Morgan fingerprint density at radius 2 is 0.778 bits per heavy atom. The monoisotopic (exact) mass is 821 g/mol. The van der Waals surface area contributed by atoms with Crippen molar-refractivity contribution in [2.75, 3.05) is 0 Å². The van der Waals surface area contributed by atoms with Gasteiger partial charge in [-0.25, -0.2) is 15.0 Å². The van der Waals surface area contributed by atoms with Crippen molar-refractivity contribution in [3.63, 3.8) is 0 Å². The Balaban J connectivity index is 1.23. The number of hydrogen-bond donors (Lipinski definition) is 0. The fourth-order valence-corrected chi connectivity index (χ4v) is 11.2. The van der Waals surface area contributed by atoms with Gasteiger partial charge in [-0.3, -0.25) is 0 Å². The van der Waals surface area contributed by atoms with E-state index in [0.29, 0.717) is 17.5 Å². The van der Waals surface area contributed by atoms with Gasteiger partial charge in [-0.1, -0.05) is 224 Å². The van der Waals surface area contributed by atoms with Gasteiger partial charge < -0.3 is 0 Å². The number of aryl methyl sites for hydroxylation is 1. The van der Waals surface area contributed by atoms with Gasteiger partial charge in [-0.05, 0) is 85.8 Å². The molecule has 0 fully saturated rings. The number of rotatable bonds is 6. The van der Waals surface area contributed by atoms with Gasteiger partial charge in [-0.2, -0.15) is 0 Å². The minimum Gasteiger partial charge on any atom is -0.208 e. The van der Waals surface area contributed by atoms with E-state index in [0.717, 1.165) is 55.6 Å². The summed E-state index contributed by atoms with van der Waals surface area (Å²) < 4.78 is 0. The molecule has 0 unspecified atom stereocenters. The van der Waals surface area contributed by atoms with E-state index in [2.05, 4.69) is 219 Å². The van der Waals surface area contributed by atoms with E-state index in [1.807, 2.05) is 17.8 Å². The summed E-state index contributed by atoms with van der Waals surface area (Å²) in [6.45, 7) is 2.14. The lowest BCUT2D eigenvalue weighted by Gasteiger charge is -2.39. The summed E-state index contributed by atoms with van der Waals surface area (Å²) in [7, 11) is 0. The first-order valence-corrected chi connectivity index (χ1v) is 22.3. The van der Waals surface area contributed by atoms with Gasteiger partial charge in [0.2, 0.25) is 0 Å². The van der Waals surface area contributed by atoms with E-state index >= 15 is 0 Å². The summed E-state index contributed by atoms with van der Waals surface area (Å²) in [5.74, 6) is 1.88. The molecule has 0 N–H and O–H groups in total. The molecule has 0 saturated carbocycles. The Hall–Kier alpha value is -7.66. The second-order valence-electron chi connectivity index (χ2n) is 16.3. The minimum absolute atomic E-state index is 0.577. The van der Waals surface area contributed by atoms with E-state index in [9.17, 15) is 0 Å². The molecule has 1 aromatic heterocycles. The molecule has 0 radical (unpaired) electrons. The van der Waals surface area contributed by atoms with Crippen LogP contribution in [0.1, 0.15) is 27.8 Å². The maximum Gasteiger partial charge on any atom is 0.165 e. The molecule has 1 spiro atoms. The van der Waals surface area contributed by atoms with Gasteiger partial charge in [0.1, 0.15) is 0 Å². The Bertz CT molecular complexity index is 3330. The average molecular weight is 822 g/mol. The SMILES string of the molecule is Cc1ccc(-c2ccccc2-c2ccc3c(c2-c2nc(-c4ccccc4)nc(-c4ccccc4-c4ccccc4)n2)-c2ccccc2C32c3ccccc3Sc3ccccc32)cc1. The predicted molar refractivity (Wildman–Crippen MR) is 259 cm³/mol. The van der Waals surface area contributed by atoms with E-state index in [1.54, 1.807) is 0 Å². The molecule has 4 heteroatoms. The number of benzene rings is 9. The van der Waals surface area contributed by atoms with Crippen molar-refractivity contribution in [2.45, 2.75) is 22.1 Å². The lowest BCUT2D eigenvalue weighted by atomic mass is 9.67. The summed E-state index contributed by atoms with van der Waals surface area (Å²) in [6.07, 6.45) is 0. The van der Waals surface area contributed by atoms with Gasteiger partial charge in [0, 0.05) is 26.5 Å². The first-order valence-electron chi connectivity index (χ1n) is 21.4. The molecule has 1 aliphatic heterocycles. The highest BCUT2D eigenvalue weighted by Gasteiger charge is 2.51. The molecule has 10 aromatic rings. The number of fused-ring (bicyclic) bond motifs is 9. The van der Waals surface area contributed by atoms with Gasteiger partial charge in [-0.15, -0.1) is 0 Å². The highest BCUT2D eigenvalue weighted by atomic mass is 32.2. The van der Waals surface area contributed by atoms with Crippen LogP contribution < -0.4 is 0 Å². The van der Waals surface area contributed by atoms with Gasteiger partial charge in [0.15, 0.2) is 17.5 Å². The third-order valence-corrected chi connectivity index (χ3v) is 13.9. The molecule has 296 valence electrons. The van der Waals surface area contributed by atoms with Crippen molar-refractivity contribution >= 4 is 11.8 Å². The van der Waals surface area contributed by atoms with Crippen molar-refractivity contribution in [1.82, 2.24) is 15.0 Å². The quantitative estimate of drug-likeness (QED) is 0.167. The molecule has 0 bridgehead atoms. The lowest BCUT2D eigenvalue weighted by molar-refractivity contribution is 0.722. The van der Waals surface area contributed by atoms with Crippen LogP contribution in [0.5, 0.6) is 0 Å². The van der Waals surface area contributed by atoms with Crippen molar-refractivity contribution in [3.05, 3.63) is 246 Å². The third kappa shape index (κ3) is 5.94. The molecule has 63 heavy (non-hydrogen) atoms. The Labute approximate surface area is 371 Å². The van der Waals surface area contributed by atoms with Crippen LogP contribution in [0.2, 0.25) is 0 Å². The fraction of sp³-hybridized carbons (Fsp3) is 0.0339. The van der Waals surface area contributed by atoms with Crippen LogP contribution >= 0.6 is 11.8 Å². The maximum absolute atomic E-state index is 5.63. The van der Waals surface area contributed by atoms with Crippen LogP contribution in [0.3, 0.4) is 0 Å². The summed E-state index contributed by atoms with van der Waals surface area (Å²) in [4.78, 5) is 19.0. The van der Waals surface area contributed by atoms with Gasteiger partial charge >= 0.3 is 0 Å².